The van der Waals surface area contributed by atoms with Gasteiger partial charge in [0.15, 0.2) is 0 Å². The Balaban J connectivity index is 1.60. The average molecular weight is 449 g/mol. The first-order valence-electron chi connectivity index (χ1n) is 10.0. The first-order valence-corrected chi connectivity index (χ1v) is 10.4. The van der Waals surface area contributed by atoms with Gasteiger partial charge in [0.2, 0.25) is 11.2 Å². The number of rotatable bonds is 4. The molecule has 0 saturated heterocycles. The van der Waals surface area contributed by atoms with Crippen molar-refractivity contribution in [2.45, 2.75) is 27.7 Å². The van der Waals surface area contributed by atoms with Crippen molar-refractivity contribution in [1.82, 2.24) is 0 Å². The Bertz CT molecular complexity index is 1390. The van der Waals surface area contributed by atoms with Crippen LogP contribution in [0.2, 0.25) is 5.02 Å². The lowest BCUT2D eigenvalue weighted by atomic mass is 10.1. The van der Waals surface area contributed by atoms with Crippen molar-refractivity contribution < 1.29 is 18.7 Å². The Morgan fingerprint density at radius 1 is 0.844 bits per heavy atom. The molecule has 0 radical (unpaired) electrons. The maximum atomic E-state index is 12.9. The second-order valence-electron chi connectivity index (χ2n) is 7.75. The van der Waals surface area contributed by atoms with E-state index in [-0.39, 0.29) is 22.5 Å². The highest BCUT2D eigenvalue weighted by Crippen LogP contribution is 2.29. The molecular formula is C26H21ClO5. The molecule has 0 amide bonds. The highest BCUT2D eigenvalue weighted by Gasteiger charge is 2.14. The molecular weight excluding hydrogens is 428 g/mol. The molecule has 0 unspecified atom stereocenters. The van der Waals surface area contributed by atoms with Crippen LogP contribution in [0.15, 0.2) is 64.0 Å². The third kappa shape index (κ3) is 4.25. The van der Waals surface area contributed by atoms with Gasteiger partial charge in [-0.15, -0.1) is 0 Å². The number of carbonyl (C=O) groups is 1. The fraction of sp³-hybridized carbons (Fsp3) is 0.154. The minimum absolute atomic E-state index is 0.0542. The van der Waals surface area contributed by atoms with Crippen LogP contribution in [0.3, 0.4) is 0 Å². The number of aryl methyl sites for hydroxylation is 4. The van der Waals surface area contributed by atoms with E-state index in [1.807, 2.05) is 33.8 Å². The minimum atomic E-state index is -0.483. The average Bonchev–Trinajstić information content (AvgIpc) is 2.76. The predicted octanol–water partition coefficient (Wildman–Crippen LogP) is 6.69. The van der Waals surface area contributed by atoms with Crippen LogP contribution in [0.1, 0.15) is 32.6 Å². The standard InChI is InChI=1S/C26H21ClO5/c1-14-5-6-18(9-15(14)2)26(29)32-19-7-8-21-22(12-19)30-13-23(25(21)28)31-20-10-16(3)24(27)17(4)11-20/h5-13H,1-4H3. The lowest BCUT2D eigenvalue weighted by Gasteiger charge is -2.10. The lowest BCUT2D eigenvalue weighted by molar-refractivity contribution is 0.0735. The molecule has 0 aliphatic heterocycles. The largest absolute Gasteiger partial charge is 0.460 e. The number of esters is 1. The van der Waals surface area contributed by atoms with Crippen LogP contribution in [0.5, 0.6) is 17.2 Å². The van der Waals surface area contributed by atoms with Gasteiger partial charge in [0, 0.05) is 11.1 Å². The van der Waals surface area contributed by atoms with Crippen LogP contribution in [-0.4, -0.2) is 5.97 Å². The summed E-state index contributed by atoms with van der Waals surface area (Å²) < 4.78 is 16.8. The smallest absolute Gasteiger partial charge is 0.343 e. The van der Waals surface area contributed by atoms with Gasteiger partial charge in [-0.1, -0.05) is 17.7 Å². The van der Waals surface area contributed by atoms with Crippen molar-refractivity contribution in [3.63, 3.8) is 0 Å². The molecule has 4 rings (SSSR count). The normalized spacial score (nSPS) is 10.9. The van der Waals surface area contributed by atoms with Gasteiger partial charge in [-0.2, -0.15) is 0 Å². The Morgan fingerprint density at radius 3 is 2.25 bits per heavy atom. The molecule has 0 bridgehead atoms. The molecule has 162 valence electrons. The summed E-state index contributed by atoms with van der Waals surface area (Å²) in [5, 5.41) is 0.974. The van der Waals surface area contributed by atoms with Gasteiger partial charge in [-0.3, -0.25) is 4.79 Å². The Hall–Kier alpha value is -3.57. The monoisotopic (exact) mass is 448 g/mol. The van der Waals surface area contributed by atoms with E-state index in [1.165, 1.54) is 12.3 Å². The molecule has 0 atom stereocenters. The van der Waals surface area contributed by atoms with Crippen LogP contribution >= 0.6 is 11.6 Å². The Kier molecular flexibility index (Phi) is 5.76. The second-order valence-corrected chi connectivity index (χ2v) is 8.13. The minimum Gasteiger partial charge on any atom is -0.460 e. The van der Waals surface area contributed by atoms with Crippen molar-refractivity contribution in [3.8, 4) is 17.2 Å². The molecule has 0 fully saturated rings. The summed E-state index contributed by atoms with van der Waals surface area (Å²) in [4.78, 5) is 25.3. The first-order chi connectivity index (χ1) is 15.2. The molecule has 0 aliphatic rings. The fourth-order valence-electron chi connectivity index (χ4n) is 3.35. The summed E-state index contributed by atoms with van der Waals surface area (Å²) in [6.45, 7) is 7.64. The molecule has 3 aromatic carbocycles. The fourth-order valence-corrected chi connectivity index (χ4v) is 3.46. The van der Waals surface area contributed by atoms with Crippen molar-refractivity contribution in [1.29, 1.82) is 0 Å². The van der Waals surface area contributed by atoms with Crippen molar-refractivity contribution in [2.24, 2.45) is 0 Å². The Labute approximate surface area is 190 Å². The molecule has 0 saturated carbocycles. The third-order valence-electron chi connectivity index (χ3n) is 5.31. The quantitative estimate of drug-likeness (QED) is 0.257. The highest BCUT2D eigenvalue weighted by molar-refractivity contribution is 6.32. The molecule has 4 aromatic rings. The summed E-state index contributed by atoms with van der Waals surface area (Å²) in [7, 11) is 0. The zero-order valence-corrected chi connectivity index (χ0v) is 18.9. The number of ether oxygens (including phenoxy) is 2. The van der Waals surface area contributed by atoms with Crippen LogP contribution < -0.4 is 14.9 Å². The van der Waals surface area contributed by atoms with Gasteiger partial charge in [0.05, 0.1) is 10.9 Å². The zero-order valence-electron chi connectivity index (χ0n) is 18.1. The molecule has 0 spiro atoms. The molecule has 1 aromatic heterocycles. The van der Waals surface area contributed by atoms with E-state index < -0.39 is 5.97 Å². The molecule has 32 heavy (non-hydrogen) atoms. The SMILES string of the molecule is Cc1ccc(C(=O)Oc2ccc3c(=O)c(Oc4cc(C)c(Cl)c(C)c4)coc3c2)cc1C. The molecule has 0 aliphatic carbocycles. The van der Waals surface area contributed by atoms with E-state index in [2.05, 4.69) is 0 Å². The zero-order chi connectivity index (χ0) is 23.0. The van der Waals surface area contributed by atoms with Crippen LogP contribution in [0.25, 0.3) is 11.0 Å². The topological polar surface area (TPSA) is 65.7 Å². The van der Waals surface area contributed by atoms with E-state index in [1.54, 1.807) is 36.4 Å². The Morgan fingerprint density at radius 2 is 1.56 bits per heavy atom. The van der Waals surface area contributed by atoms with Gasteiger partial charge in [-0.25, -0.2) is 4.79 Å². The summed E-state index contributed by atoms with van der Waals surface area (Å²) in [5.74, 6) is 0.346. The number of fused-ring (bicyclic) bond motifs is 1. The molecule has 1 heterocycles. The maximum absolute atomic E-state index is 12.9. The van der Waals surface area contributed by atoms with Gasteiger partial charge < -0.3 is 13.9 Å². The summed E-state index contributed by atoms with van der Waals surface area (Å²) in [6.07, 6.45) is 1.25. The third-order valence-corrected chi connectivity index (χ3v) is 5.90. The summed E-state index contributed by atoms with van der Waals surface area (Å²) in [6, 6.07) is 13.5. The van der Waals surface area contributed by atoms with Crippen molar-refractivity contribution >= 4 is 28.5 Å². The maximum Gasteiger partial charge on any atom is 0.343 e. The number of hydrogen-bond acceptors (Lipinski definition) is 5. The second kappa shape index (κ2) is 8.52. The number of carbonyl (C=O) groups excluding carboxylic acids is 1. The summed E-state index contributed by atoms with van der Waals surface area (Å²) in [5.41, 5.74) is 4.20. The van der Waals surface area contributed by atoms with Crippen molar-refractivity contribution in [3.05, 3.63) is 97.9 Å². The van der Waals surface area contributed by atoms with Gasteiger partial charge >= 0.3 is 5.97 Å². The van der Waals surface area contributed by atoms with E-state index >= 15 is 0 Å². The number of hydrogen-bond donors (Lipinski definition) is 0. The molecule has 5 nitrogen and oxygen atoms in total. The number of benzene rings is 3. The van der Waals surface area contributed by atoms with Crippen molar-refractivity contribution in [2.75, 3.05) is 0 Å². The van der Waals surface area contributed by atoms with Gasteiger partial charge in [0.1, 0.15) is 23.3 Å². The van der Waals surface area contributed by atoms with E-state index in [0.29, 0.717) is 21.7 Å². The highest BCUT2D eigenvalue weighted by atomic mass is 35.5. The van der Waals surface area contributed by atoms with Crippen LogP contribution in [0.4, 0.5) is 0 Å². The van der Waals surface area contributed by atoms with E-state index in [0.717, 1.165) is 22.3 Å². The van der Waals surface area contributed by atoms with E-state index in [9.17, 15) is 9.59 Å². The van der Waals surface area contributed by atoms with Gasteiger partial charge in [-0.05, 0) is 86.3 Å². The van der Waals surface area contributed by atoms with E-state index in [4.69, 9.17) is 25.5 Å². The molecule has 6 heteroatoms. The van der Waals surface area contributed by atoms with Gasteiger partial charge in [0.25, 0.3) is 0 Å². The molecule has 0 N–H and O–H groups in total. The van der Waals surface area contributed by atoms with Crippen LogP contribution in [0, 0.1) is 27.7 Å². The van der Waals surface area contributed by atoms with Crippen LogP contribution in [-0.2, 0) is 0 Å². The first kappa shape index (κ1) is 21.7. The predicted molar refractivity (Wildman–Crippen MR) is 124 cm³/mol. The number of halogens is 1. The summed E-state index contributed by atoms with van der Waals surface area (Å²) >= 11 is 6.19. The lowest BCUT2D eigenvalue weighted by Crippen LogP contribution is -2.09.